The van der Waals surface area contributed by atoms with Crippen LogP contribution in [0.3, 0.4) is 0 Å². The van der Waals surface area contributed by atoms with E-state index < -0.39 is 11.6 Å². The molecule has 114 valence electrons. The van der Waals surface area contributed by atoms with Crippen molar-refractivity contribution in [2.24, 2.45) is 0 Å². The summed E-state index contributed by atoms with van der Waals surface area (Å²) in [6, 6.07) is 9.55. The summed E-state index contributed by atoms with van der Waals surface area (Å²) in [5.74, 6) is 0.111. The molecule has 0 atom stereocenters. The van der Waals surface area contributed by atoms with E-state index in [1.54, 1.807) is 0 Å². The van der Waals surface area contributed by atoms with Crippen molar-refractivity contribution in [2.45, 2.75) is 44.2 Å². The Morgan fingerprint density at radius 2 is 1.86 bits per heavy atom. The number of alkyl halides is 1. The van der Waals surface area contributed by atoms with Gasteiger partial charge in [0.25, 0.3) is 0 Å². The fourth-order valence-corrected chi connectivity index (χ4v) is 3.00. The number of benzene rings is 1. The second-order valence-electron chi connectivity index (χ2n) is 5.52. The Morgan fingerprint density at radius 3 is 2.48 bits per heavy atom. The molecule has 5 heteroatoms. The zero-order valence-electron chi connectivity index (χ0n) is 11.9. The van der Waals surface area contributed by atoms with Crippen LogP contribution in [0, 0.1) is 0 Å². The van der Waals surface area contributed by atoms with Crippen LogP contribution in [0.5, 0.6) is 0 Å². The number of Topliss-reactive ketones (excluding diaryl/α,β-unsaturated/α-hetero) is 1. The van der Waals surface area contributed by atoms with E-state index in [4.69, 9.17) is 4.74 Å². The minimum atomic E-state index is -0.442. The van der Waals surface area contributed by atoms with Gasteiger partial charge in [-0.1, -0.05) is 59.1 Å². The first kappa shape index (κ1) is 16.0. The van der Waals surface area contributed by atoms with Gasteiger partial charge in [0, 0.05) is 6.42 Å². The standard InChI is InChI=1S/C16H20BrNO3/c17-11-14(19)10-16(8-4-5-9-16)18-15(20)21-12-13-6-2-1-3-7-13/h1-3,6-7H,4-5,8-12H2,(H,18,20). The lowest BCUT2D eigenvalue weighted by molar-refractivity contribution is -0.117. The van der Waals surface area contributed by atoms with E-state index in [1.165, 1.54) is 0 Å². The molecule has 1 aromatic rings. The highest BCUT2D eigenvalue weighted by Gasteiger charge is 2.37. The molecule has 1 aliphatic rings. The molecule has 0 spiro atoms. The van der Waals surface area contributed by atoms with Crippen LogP contribution in [0.15, 0.2) is 30.3 Å². The van der Waals surface area contributed by atoms with Crippen LogP contribution in [-0.4, -0.2) is 22.7 Å². The van der Waals surface area contributed by atoms with E-state index in [0.29, 0.717) is 11.8 Å². The molecule has 1 N–H and O–H groups in total. The summed E-state index contributed by atoms with van der Waals surface area (Å²) in [7, 11) is 0. The molecule has 0 bridgehead atoms. The molecule has 0 saturated heterocycles. The largest absolute Gasteiger partial charge is 0.445 e. The number of rotatable bonds is 6. The molecule has 1 saturated carbocycles. The average Bonchev–Trinajstić information content (AvgIpc) is 2.94. The molecule has 1 amide bonds. The third kappa shape index (κ3) is 4.84. The summed E-state index contributed by atoms with van der Waals surface area (Å²) in [6.45, 7) is 0.245. The lowest BCUT2D eigenvalue weighted by Crippen LogP contribution is -2.48. The number of ether oxygens (including phenoxy) is 1. The molecule has 0 unspecified atom stereocenters. The van der Waals surface area contributed by atoms with Crippen LogP contribution < -0.4 is 5.32 Å². The van der Waals surface area contributed by atoms with Crippen molar-refractivity contribution >= 4 is 27.8 Å². The number of carbonyl (C=O) groups is 2. The lowest BCUT2D eigenvalue weighted by Gasteiger charge is -2.29. The second-order valence-corrected chi connectivity index (χ2v) is 6.08. The van der Waals surface area contributed by atoms with Crippen molar-refractivity contribution in [1.82, 2.24) is 5.32 Å². The van der Waals surface area contributed by atoms with E-state index in [9.17, 15) is 9.59 Å². The Morgan fingerprint density at radius 1 is 1.19 bits per heavy atom. The number of carbonyl (C=O) groups excluding carboxylic acids is 2. The maximum Gasteiger partial charge on any atom is 0.407 e. The van der Waals surface area contributed by atoms with E-state index in [-0.39, 0.29) is 12.4 Å². The molecule has 1 aromatic carbocycles. The van der Waals surface area contributed by atoms with Gasteiger partial charge in [-0.15, -0.1) is 0 Å². The number of hydrogen-bond acceptors (Lipinski definition) is 3. The Labute approximate surface area is 133 Å². The van der Waals surface area contributed by atoms with Crippen molar-refractivity contribution in [2.75, 3.05) is 5.33 Å². The summed E-state index contributed by atoms with van der Waals surface area (Å²) in [4.78, 5) is 23.7. The minimum absolute atomic E-state index is 0.111. The molecule has 2 rings (SSSR count). The highest BCUT2D eigenvalue weighted by molar-refractivity contribution is 9.09. The molecule has 4 nitrogen and oxygen atoms in total. The quantitative estimate of drug-likeness (QED) is 0.795. The predicted octanol–water partition coefficient (Wildman–Crippen LogP) is 3.58. The number of nitrogens with one attached hydrogen (secondary N) is 1. The minimum Gasteiger partial charge on any atom is -0.445 e. The Kier molecular flexibility index (Phi) is 5.79. The molecule has 0 radical (unpaired) electrons. The molecule has 0 heterocycles. The predicted molar refractivity (Wildman–Crippen MR) is 84.4 cm³/mol. The summed E-state index contributed by atoms with van der Waals surface area (Å²) in [6.07, 6.45) is 3.68. The Hall–Kier alpha value is -1.36. The fraction of sp³-hybridized carbons (Fsp3) is 0.500. The van der Waals surface area contributed by atoms with Crippen molar-refractivity contribution in [1.29, 1.82) is 0 Å². The van der Waals surface area contributed by atoms with Gasteiger partial charge < -0.3 is 10.1 Å². The average molecular weight is 354 g/mol. The smallest absolute Gasteiger partial charge is 0.407 e. The van der Waals surface area contributed by atoms with Crippen molar-refractivity contribution in [3.8, 4) is 0 Å². The monoisotopic (exact) mass is 353 g/mol. The van der Waals surface area contributed by atoms with Gasteiger partial charge >= 0.3 is 6.09 Å². The van der Waals surface area contributed by atoms with Gasteiger partial charge in [0.2, 0.25) is 0 Å². The van der Waals surface area contributed by atoms with Gasteiger partial charge in [-0.05, 0) is 18.4 Å². The number of ketones is 1. The van der Waals surface area contributed by atoms with E-state index in [1.807, 2.05) is 30.3 Å². The van der Waals surface area contributed by atoms with Gasteiger partial charge in [0.05, 0.1) is 10.9 Å². The van der Waals surface area contributed by atoms with Crippen LogP contribution in [0.2, 0.25) is 0 Å². The van der Waals surface area contributed by atoms with Crippen molar-refractivity contribution in [3.63, 3.8) is 0 Å². The van der Waals surface area contributed by atoms with E-state index in [2.05, 4.69) is 21.2 Å². The number of hydrogen-bond donors (Lipinski definition) is 1. The van der Waals surface area contributed by atoms with Crippen LogP contribution in [0.4, 0.5) is 4.79 Å². The molecular weight excluding hydrogens is 334 g/mol. The van der Waals surface area contributed by atoms with Gasteiger partial charge in [0.15, 0.2) is 0 Å². The fourth-order valence-electron chi connectivity index (χ4n) is 2.80. The summed E-state index contributed by atoms with van der Waals surface area (Å²) >= 11 is 3.18. The van der Waals surface area contributed by atoms with E-state index in [0.717, 1.165) is 31.2 Å². The van der Waals surface area contributed by atoms with E-state index >= 15 is 0 Å². The number of alkyl carbamates (subject to hydrolysis) is 1. The maximum absolute atomic E-state index is 12.0. The third-order valence-corrected chi connectivity index (χ3v) is 4.45. The first-order chi connectivity index (χ1) is 10.1. The van der Waals surface area contributed by atoms with Crippen LogP contribution in [0.25, 0.3) is 0 Å². The highest BCUT2D eigenvalue weighted by atomic mass is 79.9. The summed E-state index contributed by atoms with van der Waals surface area (Å²) in [5, 5.41) is 3.25. The zero-order chi connectivity index (χ0) is 15.1. The van der Waals surface area contributed by atoms with Gasteiger partial charge in [-0.2, -0.15) is 0 Å². The normalized spacial score (nSPS) is 16.4. The Balaban J connectivity index is 1.88. The van der Waals surface area contributed by atoms with Crippen LogP contribution in [0.1, 0.15) is 37.7 Å². The molecule has 1 fully saturated rings. The van der Waals surface area contributed by atoms with Crippen molar-refractivity contribution < 1.29 is 14.3 Å². The SMILES string of the molecule is O=C(CBr)CC1(NC(=O)OCc2ccccc2)CCCC1. The van der Waals surface area contributed by atoms with Gasteiger partial charge in [0.1, 0.15) is 12.4 Å². The van der Waals surface area contributed by atoms with Crippen molar-refractivity contribution in [3.05, 3.63) is 35.9 Å². The van der Waals surface area contributed by atoms with Crippen LogP contribution >= 0.6 is 15.9 Å². The molecular formula is C16H20BrNO3. The highest BCUT2D eigenvalue weighted by Crippen LogP contribution is 2.33. The zero-order valence-corrected chi connectivity index (χ0v) is 13.5. The Bertz CT molecular complexity index is 484. The number of halogens is 1. The topological polar surface area (TPSA) is 55.4 Å². The third-order valence-electron chi connectivity index (χ3n) is 3.83. The maximum atomic E-state index is 12.0. The molecule has 0 aliphatic heterocycles. The summed E-state index contributed by atoms with van der Waals surface area (Å²) in [5.41, 5.74) is 0.531. The van der Waals surface area contributed by atoms with Gasteiger partial charge in [-0.3, -0.25) is 4.79 Å². The molecule has 0 aromatic heterocycles. The molecule has 21 heavy (non-hydrogen) atoms. The summed E-state index contributed by atoms with van der Waals surface area (Å²) < 4.78 is 5.26. The second kappa shape index (κ2) is 7.59. The lowest BCUT2D eigenvalue weighted by atomic mass is 9.91. The number of amides is 1. The first-order valence-corrected chi connectivity index (χ1v) is 8.32. The first-order valence-electron chi connectivity index (χ1n) is 7.20. The van der Waals surface area contributed by atoms with Crippen LogP contribution in [-0.2, 0) is 16.1 Å². The molecule has 1 aliphatic carbocycles. The van der Waals surface area contributed by atoms with Gasteiger partial charge in [-0.25, -0.2) is 4.79 Å².